The van der Waals surface area contributed by atoms with Gasteiger partial charge < -0.3 is 14.6 Å². The van der Waals surface area contributed by atoms with Crippen LogP contribution in [0.3, 0.4) is 0 Å². The Bertz CT molecular complexity index is 1640. The summed E-state index contributed by atoms with van der Waals surface area (Å²) in [6.45, 7) is 3.92. The van der Waals surface area contributed by atoms with Crippen LogP contribution in [-0.2, 0) is 14.3 Å². The molecule has 9 heteroatoms. The third-order valence-corrected chi connectivity index (χ3v) is 7.46. The molecule has 0 bridgehead atoms. The van der Waals surface area contributed by atoms with Gasteiger partial charge in [0.15, 0.2) is 5.13 Å². The molecule has 4 aromatic rings. The van der Waals surface area contributed by atoms with E-state index in [2.05, 4.69) is 0 Å². The van der Waals surface area contributed by atoms with E-state index in [0.29, 0.717) is 27.6 Å². The molecule has 0 spiro atoms. The highest BCUT2D eigenvalue weighted by Gasteiger charge is 2.48. The van der Waals surface area contributed by atoms with E-state index >= 15 is 0 Å². The van der Waals surface area contributed by atoms with E-state index in [1.165, 1.54) is 30.5 Å². The largest absolute Gasteiger partial charge is 0.507 e. The first-order valence-electron chi connectivity index (χ1n) is 11.7. The van der Waals surface area contributed by atoms with Gasteiger partial charge in [-0.3, -0.25) is 14.5 Å². The number of thiazole rings is 1. The first-order valence-corrected chi connectivity index (χ1v) is 12.6. The van der Waals surface area contributed by atoms with Crippen LogP contribution in [0.2, 0.25) is 0 Å². The second kappa shape index (κ2) is 9.75. The highest BCUT2D eigenvalue weighted by Crippen LogP contribution is 2.45. The van der Waals surface area contributed by atoms with Gasteiger partial charge in [-0.15, -0.1) is 0 Å². The summed E-state index contributed by atoms with van der Waals surface area (Å²) in [6, 6.07) is 16.0. The number of aliphatic hydroxyl groups excluding tert-OH is 1. The van der Waals surface area contributed by atoms with E-state index in [1.54, 1.807) is 48.5 Å². The van der Waals surface area contributed by atoms with Crippen molar-refractivity contribution in [1.82, 2.24) is 4.98 Å². The van der Waals surface area contributed by atoms with Crippen molar-refractivity contribution >= 4 is 50.1 Å². The minimum Gasteiger partial charge on any atom is -0.507 e. The first-order chi connectivity index (χ1) is 18.2. The zero-order valence-electron chi connectivity index (χ0n) is 21.1. The summed E-state index contributed by atoms with van der Waals surface area (Å²) < 4.78 is 10.9. The summed E-state index contributed by atoms with van der Waals surface area (Å²) in [5, 5.41) is 11.7. The number of aromatic nitrogens is 1. The van der Waals surface area contributed by atoms with Crippen LogP contribution in [0.1, 0.15) is 38.7 Å². The molecular weight excluding hydrogens is 504 g/mol. The van der Waals surface area contributed by atoms with Crippen LogP contribution in [0, 0.1) is 13.8 Å². The number of rotatable bonds is 5. The third kappa shape index (κ3) is 4.20. The average Bonchev–Trinajstić information content (AvgIpc) is 3.46. The molecule has 1 N–H and O–H groups in total. The number of nitrogens with zero attached hydrogens (tertiary/aromatic N) is 2. The Hall–Kier alpha value is -4.50. The number of fused-ring (bicyclic) bond motifs is 1. The quantitative estimate of drug-likeness (QED) is 0.161. The first kappa shape index (κ1) is 25.2. The molecule has 1 saturated heterocycles. The smallest absolute Gasteiger partial charge is 0.337 e. The van der Waals surface area contributed by atoms with E-state index < -0.39 is 23.7 Å². The van der Waals surface area contributed by atoms with E-state index in [-0.39, 0.29) is 11.3 Å². The zero-order chi connectivity index (χ0) is 27.1. The van der Waals surface area contributed by atoms with Crippen molar-refractivity contribution < 1.29 is 29.0 Å². The second-order valence-electron chi connectivity index (χ2n) is 8.94. The molecule has 5 rings (SSSR count). The van der Waals surface area contributed by atoms with Crippen molar-refractivity contribution in [3.8, 4) is 5.75 Å². The van der Waals surface area contributed by atoms with Gasteiger partial charge in [-0.1, -0.05) is 41.7 Å². The number of hydrogen-bond acceptors (Lipinski definition) is 8. The van der Waals surface area contributed by atoms with Gasteiger partial charge in [-0.25, -0.2) is 9.78 Å². The molecule has 1 atom stereocenters. The summed E-state index contributed by atoms with van der Waals surface area (Å²) in [5.41, 5.74) is 3.83. The number of carbonyl (C=O) groups is 3. The average molecular weight is 529 g/mol. The molecule has 0 saturated carbocycles. The molecule has 1 unspecified atom stereocenters. The molecule has 2 heterocycles. The predicted molar refractivity (Wildman–Crippen MR) is 145 cm³/mol. The maximum absolute atomic E-state index is 13.5. The normalized spacial score (nSPS) is 16.7. The second-order valence-corrected chi connectivity index (χ2v) is 9.95. The predicted octanol–water partition coefficient (Wildman–Crippen LogP) is 5.33. The van der Waals surface area contributed by atoms with Gasteiger partial charge in [0.1, 0.15) is 11.5 Å². The SMILES string of the molecule is COC(=O)c1ccc(C2/C(=C(\O)c3cccc(OC)c3)C(=O)C(=O)N2c2nc3c(C)cc(C)cc3s2)cc1. The van der Waals surface area contributed by atoms with Crippen LogP contribution in [0.15, 0.2) is 66.2 Å². The summed E-state index contributed by atoms with van der Waals surface area (Å²) in [5.74, 6) is -2.00. The molecule has 38 heavy (non-hydrogen) atoms. The highest BCUT2D eigenvalue weighted by atomic mass is 32.1. The van der Waals surface area contributed by atoms with Crippen LogP contribution in [0.5, 0.6) is 5.75 Å². The van der Waals surface area contributed by atoms with Crippen LogP contribution < -0.4 is 9.64 Å². The van der Waals surface area contributed by atoms with Crippen LogP contribution in [-0.4, -0.2) is 42.0 Å². The summed E-state index contributed by atoms with van der Waals surface area (Å²) in [7, 11) is 2.79. The number of hydrogen-bond donors (Lipinski definition) is 1. The molecule has 1 aliphatic rings. The molecule has 1 aromatic heterocycles. The summed E-state index contributed by atoms with van der Waals surface area (Å²) >= 11 is 1.30. The highest BCUT2D eigenvalue weighted by molar-refractivity contribution is 7.22. The third-order valence-electron chi connectivity index (χ3n) is 6.46. The van der Waals surface area contributed by atoms with Crippen molar-refractivity contribution in [3.63, 3.8) is 0 Å². The van der Waals surface area contributed by atoms with E-state index in [4.69, 9.17) is 14.5 Å². The summed E-state index contributed by atoms with van der Waals surface area (Å²) in [6.07, 6.45) is 0. The molecule has 1 aliphatic heterocycles. The molecule has 3 aromatic carbocycles. The van der Waals surface area contributed by atoms with E-state index in [9.17, 15) is 19.5 Å². The van der Waals surface area contributed by atoms with Crippen molar-refractivity contribution in [2.45, 2.75) is 19.9 Å². The van der Waals surface area contributed by atoms with Crippen molar-refractivity contribution in [1.29, 1.82) is 0 Å². The lowest BCUT2D eigenvalue weighted by Gasteiger charge is -2.23. The number of aryl methyl sites for hydroxylation is 2. The standard InChI is InChI=1S/C29H24N2O6S/c1-15-12-16(2)23-21(13-15)38-29(30-23)31-24(17-8-10-18(11-9-17)28(35)37-4)22(26(33)27(31)34)25(32)19-6-5-7-20(14-19)36-3/h5-14,24,32H,1-4H3/b25-22+. The van der Waals surface area contributed by atoms with Gasteiger partial charge in [-0.2, -0.15) is 0 Å². The topological polar surface area (TPSA) is 106 Å². The molecule has 192 valence electrons. The fourth-order valence-electron chi connectivity index (χ4n) is 4.65. The lowest BCUT2D eigenvalue weighted by molar-refractivity contribution is -0.132. The lowest BCUT2D eigenvalue weighted by atomic mass is 9.94. The number of amides is 1. The fourth-order valence-corrected chi connectivity index (χ4v) is 5.82. The molecule has 0 aliphatic carbocycles. The number of aliphatic hydroxyl groups is 1. The van der Waals surface area contributed by atoms with Gasteiger partial charge >= 0.3 is 11.9 Å². The number of carbonyl (C=O) groups excluding carboxylic acids is 3. The Morgan fingerprint density at radius 3 is 2.42 bits per heavy atom. The number of esters is 1. The molecule has 1 fully saturated rings. The Labute approximate surface area is 222 Å². The summed E-state index contributed by atoms with van der Waals surface area (Å²) in [4.78, 5) is 45.0. The van der Waals surface area contributed by atoms with Gasteiger partial charge in [0.2, 0.25) is 0 Å². The zero-order valence-corrected chi connectivity index (χ0v) is 22.0. The van der Waals surface area contributed by atoms with Crippen molar-refractivity contribution in [2.75, 3.05) is 19.1 Å². The maximum Gasteiger partial charge on any atom is 0.337 e. The molecule has 0 radical (unpaired) electrons. The monoisotopic (exact) mass is 528 g/mol. The van der Waals surface area contributed by atoms with Gasteiger partial charge in [0.05, 0.1) is 41.6 Å². The molecule has 1 amide bonds. The number of benzene rings is 3. The lowest BCUT2D eigenvalue weighted by Crippen LogP contribution is -2.29. The Morgan fingerprint density at radius 1 is 1.00 bits per heavy atom. The minimum absolute atomic E-state index is 0.0822. The van der Waals surface area contributed by atoms with Gasteiger partial charge in [0, 0.05) is 5.56 Å². The van der Waals surface area contributed by atoms with E-state index in [0.717, 1.165) is 21.3 Å². The Morgan fingerprint density at radius 2 is 1.74 bits per heavy atom. The number of ether oxygens (including phenoxy) is 2. The molecular formula is C29H24N2O6S. The minimum atomic E-state index is -0.977. The maximum atomic E-state index is 13.5. The number of Topliss-reactive ketones (excluding diaryl/α,β-unsaturated/α-hetero) is 1. The molecule has 8 nitrogen and oxygen atoms in total. The number of methoxy groups -OCH3 is 2. The van der Waals surface area contributed by atoms with Crippen LogP contribution in [0.25, 0.3) is 16.0 Å². The van der Waals surface area contributed by atoms with Gasteiger partial charge in [-0.05, 0) is 60.9 Å². The number of ketones is 1. The van der Waals surface area contributed by atoms with Gasteiger partial charge in [0.25, 0.3) is 5.78 Å². The number of anilines is 1. The Balaban J connectivity index is 1.72. The Kier molecular flexibility index (Phi) is 6.46. The van der Waals surface area contributed by atoms with Crippen LogP contribution in [0.4, 0.5) is 5.13 Å². The van der Waals surface area contributed by atoms with Crippen LogP contribution >= 0.6 is 11.3 Å². The van der Waals surface area contributed by atoms with Crippen molar-refractivity contribution in [2.24, 2.45) is 0 Å². The van der Waals surface area contributed by atoms with Crippen molar-refractivity contribution in [3.05, 3.63) is 94.1 Å². The fraction of sp³-hybridized carbons (Fsp3) is 0.172. The van der Waals surface area contributed by atoms with E-state index in [1.807, 2.05) is 26.0 Å².